The van der Waals surface area contributed by atoms with Gasteiger partial charge in [0, 0.05) is 24.3 Å². The first kappa shape index (κ1) is 14.1. The number of nitrogens with one attached hydrogen (secondary N) is 1. The second-order valence-corrected chi connectivity index (χ2v) is 5.89. The Hall–Kier alpha value is -1.87. The third kappa shape index (κ3) is 3.42. The van der Waals surface area contributed by atoms with Crippen LogP contribution in [0.1, 0.15) is 37.0 Å². The summed E-state index contributed by atoms with van der Waals surface area (Å²) < 4.78 is 6.02. The van der Waals surface area contributed by atoms with Crippen LogP contribution >= 0.6 is 0 Å². The number of hydrogen-bond acceptors (Lipinski definition) is 3. The molecule has 0 unspecified atom stereocenters. The first-order valence-electron chi connectivity index (χ1n) is 7.69. The number of aryl methyl sites for hydroxylation is 2. The van der Waals surface area contributed by atoms with Crippen molar-refractivity contribution in [3.05, 3.63) is 53.2 Å². The van der Waals surface area contributed by atoms with Crippen molar-refractivity contribution in [3.8, 4) is 11.6 Å². The first-order valence-corrected chi connectivity index (χ1v) is 7.69. The molecule has 0 spiro atoms. The summed E-state index contributed by atoms with van der Waals surface area (Å²) in [5.74, 6) is 1.59. The third-order valence-corrected chi connectivity index (χ3v) is 3.84. The summed E-state index contributed by atoms with van der Waals surface area (Å²) >= 11 is 0. The maximum atomic E-state index is 6.02. The number of ether oxygens (including phenoxy) is 1. The Morgan fingerprint density at radius 2 is 2.05 bits per heavy atom. The van der Waals surface area contributed by atoms with Crippen LogP contribution in [0.3, 0.4) is 0 Å². The molecular formula is C18H22N2O. The number of nitrogens with zero attached hydrogens (tertiary/aromatic N) is 1. The number of rotatable bonds is 5. The molecule has 0 aliphatic heterocycles. The molecule has 0 saturated carbocycles. The molecule has 2 aromatic rings. The van der Waals surface area contributed by atoms with Crippen LogP contribution in [0.25, 0.3) is 0 Å². The Morgan fingerprint density at radius 3 is 2.90 bits per heavy atom. The molecule has 110 valence electrons. The van der Waals surface area contributed by atoms with Crippen molar-refractivity contribution in [2.24, 2.45) is 0 Å². The highest BCUT2D eigenvalue weighted by Crippen LogP contribution is 2.29. The number of benzene rings is 1. The molecule has 21 heavy (non-hydrogen) atoms. The lowest BCUT2D eigenvalue weighted by molar-refractivity contribution is 0.449. The molecule has 1 aliphatic rings. The van der Waals surface area contributed by atoms with Gasteiger partial charge < -0.3 is 10.1 Å². The maximum absolute atomic E-state index is 6.02. The molecule has 0 atom stereocenters. The standard InChI is InChI=1S/C18H22N2O/c1-13(2)20-12-16-7-4-10-19-18(16)21-17-9-8-14-5-3-6-15(14)11-17/h4,7-11,13,20H,3,5-6,12H2,1-2H3. The van der Waals surface area contributed by atoms with Crippen molar-refractivity contribution in [2.75, 3.05) is 0 Å². The van der Waals surface area contributed by atoms with E-state index < -0.39 is 0 Å². The fraction of sp³-hybridized carbons (Fsp3) is 0.389. The summed E-state index contributed by atoms with van der Waals surface area (Å²) in [4.78, 5) is 4.38. The van der Waals surface area contributed by atoms with Crippen LogP contribution in [0.4, 0.5) is 0 Å². The zero-order chi connectivity index (χ0) is 14.7. The summed E-state index contributed by atoms with van der Waals surface area (Å²) in [7, 11) is 0. The lowest BCUT2D eigenvalue weighted by Gasteiger charge is -2.13. The lowest BCUT2D eigenvalue weighted by Crippen LogP contribution is -2.22. The Kier molecular flexibility index (Phi) is 4.20. The average Bonchev–Trinajstić information content (AvgIpc) is 2.94. The fourth-order valence-electron chi connectivity index (χ4n) is 2.69. The summed E-state index contributed by atoms with van der Waals surface area (Å²) in [6, 6.07) is 10.9. The molecular weight excluding hydrogens is 260 g/mol. The largest absolute Gasteiger partial charge is 0.439 e. The topological polar surface area (TPSA) is 34.2 Å². The van der Waals surface area contributed by atoms with Gasteiger partial charge in [0.2, 0.25) is 5.88 Å². The molecule has 0 saturated heterocycles. The molecule has 1 N–H and O–H groups in total. The monoisotopic (exact) mass is 282 g/mol. The van der Waals surface area contributed by atoms with Gasteiger partial charge in [-0.3, -0.25) is 0 Å². The van der Waals surface area contributed by atoms with Gasteiger partial charge in [-0.15, -0.1) is 0 Å². The lowest BCUT2D eigenvalue weighted by atomic mass is 10.1. The van der Waals surface area contributed by atoms with E-state index in [0.717, 1.165) is 24.3 Å². The Bertz CT molecular complexity index is 622. The van der Waals surface area contributed by atoms with E-state index in [1.165, 1.54) is 24.0 Å². The highest BCUT2D eigenvalue weighted by Gasteiger charge is 2.13. The molecule has 1 aliphatic carbocycles. The third-order valence-electron chi connectivity index (χ3n) is 3.84. The van der Waals surface area contributed by atoms with Crippen molar-refractivity contribution in [1.29, 1.82) is 0 Å². The zero-order valence-electron chi connectivity index (χ0n) is 12.7. The van der Waals surface area contributed by atoms with E-state index in [9.17, 15) is 0 Å². The number of fused-ring (bicyclic) bond motifs is 1. The van der Waals surface area contributed by atoms with Gasteiger partial charge in [-0.05, 0) is 48.6 Å². The molecule has 3 nitrogen and oxygen atoms in total. The Morgan fingerprint density at radius 1 is 1.19 bits per heavy atom. The fourth-order valence-corrected chi connectivity index (χ4v) is 2.69. The van der Waals surface area contributed by atoms with Crippen molar-refractivity contribution < 1.29 is 4.74 Å². The molecule has 3 heteroatoms. The smallest absolute Gasteiger partial charge is 0.223 e. The van der Waals surface area contributed by atoms with Crippen LogP contribution in [0.5, 0.6) is 11.6 Å². The molecule has 0 amide bonds. The molecule has 3 rings (SSSR count). The maximum Gasteiger partial charge on any atom is 0.223 e. The van der Waals surface area contributed by atoms with Gasteiger partial charge in [0.1, 0.15) is 5.75 Å². The minimum Gasteiger partial charge on any atom is -0.439 e. The van der Waals surface area contributed by atoms with E-state index in [1.54, 1.807) is 6.20 Å². The highest BCUT2D eigenvalue weighted by molar-refractivity contribution is 5.40. The normalized spacial score (nSPS) is 13.5. The van der Waals surface area contributed by atoms with Gasteiger partial charge in [-0.25, -0.2) is 4.98 Å². The second kappa shape index (κ2) is 6.27. The van der Waals surface area contributed by atoms with Gasteiger partial charge in [0.15, 0.2) is 0 Å². The second-order valence-electron chi connectivity index (χ2n) is 5.89. The Balaban J connectivity index is 1.78. The van der Waals surface area contributed by atoms with Crippen molar-refractivity contribution in [1.82, 2.24) is 10.3 Å². The zero-order valence-corrected chi connectivity index (χ0v) is 12.7. The van der Waals surface area contributed by atoms with E-state index in [1.807, 2.05) is 6.07 Å². The molecule has 1 aromatic carbocycles. The first-order chi connectivity index (χ1) is 10.2. The van der Waals surface area contributed by atoms with Crippen molar-refractivity contribution in [3.63, 3.8) is 0 Å². The van der Waals surface area contributed by atoms with Gasteiger partial charge in [-0.2, -0.15) is 0 Å². The summed E-state index contributed by atoms with van der Waals surface area (Å²) in [5, 5.41) is 3.41. The van der Waals surface area contributed by atoms with E-state index in [-0.39, 0.29) is 0 Å². The molecule has 0 fully saturated rings. The van der Waals surface area contributed by atoms with E-state index in [2.05, 4.69) is 48.4 Å². The van der Waals surface area contributed by atoms with Gasteiger partial charge >= 0.3 is 0 Å². The van der Waals surface area contributed by atoms with Crippen LogP contribution in [0.2, 0.25) is 0 Å². The SMILES string of the molecule is CC(C)NCc1cccnc1Oc1ccc2c(c1)CCC2. The summed E-state index contributed by atoms with van der Waals surface area (Å²) in [6.07, 6.45) is 5.40. The Labute approximate surface area is 126 Å². The highest BCUT2D eigenvalue weighted by atomic mass is 16.5. The van der Waals surface area contributed by atoms with Crippen molar-refractivity contribution in [2.45, 2.75) is 45.7 Å². The van der Waals surface area contributed by atoms with Gasteiger partial charge in [0.05, 0.1) is 0 Å². The van der Waals surface area contributed by atoms with Crippen LogP contribution in [0, 0.1) is 0 Å². The number of hydrogen-bond donors (Lipinski definition) is 1. The van der Waals surface area contributed by atoms with Crippen LogP contribution in [0.15, 0.2) is 36.5 Å². The predicted molar refractivity (Wildman–Crippen MR) is 84.8 cm³/mol. The number of pyridine rings is 1. The van der Waals surface area contributed by atoms with E-state index in [4.69, 9.17) is 4.74 Å². The molecule has 1 heterocycles. The van der Waals surface area contributed by atoms with Crippen LogP contribution < -0.4 is 10.1 Å². The minimum absolute atomic E-state index is 0.443. The van der Waals surface area contributed by atoms with E-state index >= 15 is 0 Å². The molecule has 0 bridgehead atoms. The van der Waals surface area contributed by atoms with Crippen LogP contribution in [-0.4, -0.2) is 11.0 Å². The van der Waals surface area contributed by atoms with Gasteiger partial charge in [0.25, 0.3) is 0 Å². The van der Waals surface area contributed by atoms with Crippen molar-refractivity contribution >= 4 is 0 Å². The number of aromatic nitrogens is 1. The summed E-state index contributed by atoms with van der Waals surface area (Å²) in [6.45, 7) is 5.04. The molecule has 1 aromatic heterocycles. The quantitative estimate of drug-likeness (QED) is 0.904. The molecule has 0 radical (unpaired) electrons. The summed E-state index contributed by atoms with van der Waals surface area (Å²) in [5.41, 5.74) is 3.97. The average molecular weight is 282 g/mol. The van der Waals surface area contributed by atoms with Crippen LogP contribution in [-0.2, 0) is 19.4 Å². The van der Waals surface area contributed by atoms with E-state index in [0.29, 0.717) is 11.9 Å². The van der Waals surface area contributed by atoms with Gasteiger partial charge in [-0.1, -0.05) is 26.0 Å². The predicted octanol–water partition coefficient (Wildman–Crippen LogP) is 3.86. The minimum atomic E-state index is 0.443.